The van der Waals surface area contributed by atoms with E-state index < -0.39 is 21.9 Å². The van der Waals surface area contributed by atoms with E-state index >= 15 is 0 Å². The van der Waals surface area contributed by atoms with Crippen molar-refractivity contribution < 1.29 is 53.4 Å². The van der Waals surface area contributed by atoms with Crippen molar-refractivity contribution in [1.82, 2.24) is 14.5 Å². The number of amides is 3. The molecule has 0 saturated heterocycles. The van der Waals surface area contributed by atoms with E-state index in [1.165, 1.54) is 16.8 Å². The Kier molecular flexibility index (Phi) is 13.0. The molecule has 4 N–H and O–H groups in total. The Morgan fingerprint density at radius 1 is 1.18 bits per heavy atom. The van der Waals surface area contributed by atoms with Crippen LogP contribution in [0.2, 0.25) is 0 Å². The normalized spacial score (nSPS) is 10.9. The molecule has 1 aromatic heterocycles. The Balaban J connectivity index is 0. The van der Waals surface area contributed by atoms with Gasteiger partial charge in [-0.05, 0) is 47.9 Å². The number of anilines is 1. The van der Waals surface area contributed by atoms with Gasteiger partial charge in [-0.1, -0.05) is 41.5 Å². The van der Waals surface area contributed by atoms with Gasteiger partial charge in [0.05, 0.1) is 0 Å². The van der Waals surface area contributed by atoms with Crippen LogP contribution in [0.1, 0.15) is 77.2 Å². The number of urea groups is 1. The first-order valence-corrected chi connectivity index (χ1v) is 12.2. The molecule has 1 aromatic carbocycles. The van der Waals surface area contributed by atoms with Crippen molar-refractivity contribution in [3.05, 3.63) is 40.3 Å². The second-order valence-corrected chi connectivity index (χ2v) is 9.62. The molecule has 0 aliphatic rings. The number of aromatic nitrogens is 2. The van der Waals surface area contributed by atoms with Crippen LogP contribution < -0.4 is 45.3 Å². The first-order valence-electron chi connectivity index (χ1n) is 10.7. The molecule has 186 valence electrons. The zero-order valence-corrected chi connectivity index (χ0v) is 24.0. The molecule has 0 aliphatic carbocycles. The van der Waals surface area contributed by atoms with Crippen LogP contribution in [0.5, 0.6) is 0 Å². The summed E-state index contributed by atoms with van der Waals surface area (Å²) in [6, 6.07) is 1.82. The number of sulfonamides is 1. The van der Waals surface area contributed by atoms with Gasteiger partial charge in [-0.15, -0.1) is 0 Å². The first kappa shape index (κ1) is 32.0. The number of halogens is 1. The standard InChI is InChI=1S/C21H31FN4O3S.CH3NO.Na.H/c1-8-15-18(9-2)26(7)24-20(15)30(28,29)25-21(27)23-19-16(12(3)4)10-14(22)11-17(19)13(5)6;2-1-3;;/h10-13H,8-9H2,1-7H3,(H2,23,25,27);1H,(H2,2,3);;/q;;+1;-1. The number of rotatable bonds is 7. The maximum absolute atomic E-state index is 14.1. The maximum Gasteiger partial charge on any atom is 1.00 e. The minimum atomic E-state index is -4.18. The van der Waals surface area contributed by atoms with Crippen molar-refractivity contribution in [3.8, 4) is 0 Å². The average molecular weight is 508 g/mol. The molecular formula is C22H35FN5NaO4S. The molecule has 0 bridgehead atoms. The third-order valence-electron chi connectivity index (χ3n) is 5.05. The maximum atomic E-state index is 14.1. The van der Waals surface area contributed by atoms with Crippen LogP contribution in [0.25, 0.3) is 0 Å². The van der Waals surface area contributed by atoms with E-state index in [1.807, 2.05) is 41.5 Å². The molecular weight excluding hydrogens is 472 g/mol. The average Bonchev–Trinajstić information content (AvgIpc) is 3.05. The molecule has 9 nitrogen and oxygen atoms in total. The molecule has 0 unspecified atom stereocenters. The molecule has 3 amide bonds. The predicted molar refractivity (Wildman–Crippen MR) is 127 cm³/mol. The number of nitrogens with one attached hydrogen (secondary N) is 2. The molecule has 0 radical (unpaired) electrons. The Morgan fingerprint density at radius 2 is 1.65 bits per heavy atom. The number of benzene rings is 1. The van der Waals surface area contributed by atoms with Crippen LogP contribution in [0, 0.1) is 5.82 Å². The number of hydrogen-bond donors (Lipinski definition) is 3. The monoisotopic (exact) mass is 507 g/mol. The fraction of sp³-hybridized carbons (Fsp3) is 0.500. The number of primary amides is 1. The van der Waals surface area contributed by atoms with E-state index in [0.717, 1.165) is 5.69 Å². The third-order valence-corrected chi connectivity index (χ3v) is 6.35. The van der Waals surface area contributed by atoms with Crippen molar-refractivity contribution in [2.24, 2.45) is 12.8 Å². The minimum absolute atomic E-state index is 0. The van der Waals surface area contributed by atoms with Crippen LogP contribution in [-0.4, -0.2) is 30.6 Å². The van der Waals surface area contributed by atoms with E-state index in [0.29, 0.717) is 35.2 Å². The second-order valence-electron chi connectivity index (χ2n) is 8.03. The second kappa shape index (κ2) is 13.8. The van der Waals surface area contributed by atoms with Crippen LogP contribution in [0.4, 0.5) is 14.9 Å². The van der Waals surface area contributed by atoms with Gasteiger partial charge in [-0.3, -0.25) is 9.48 Å². The summed E-state index contributed by atoms with van der Waals surface area (Å²) in [7, 11) is -2.50. The van der Waals surface area contributed by atoms with Gasteiger partial charge >= 0.3 is 35.6 Å². The predicted octanol–water partition coefficient (Wildman–Crippen LogP) is 0.659. The zero-order valence-electron chi connectivity index (χ0n) is 22.2. The largest absolute Gasteiger partial charge is 1.00 e. The smallest absolute Gasteiger partial charge is 1.00 e. The van der Waals surface area contributed by atoms with E-state index in [4.69, 9.17) is 4.79 Å². The quantitative estimate of drug-likeness (QED) is 0.374. The molecule has 0 fully saturated rings. The van der Waals surface area contributed by atoms with Gasteiger partial charge in [0.15, 0.2) is 0 Å². The van der Waals surface area contributed by atoms with Crippen LogP contribution in [0.15, 0.2) is 17.2 Å². The van der Waals surface area contributed by atoms with Gasteiger partial charge in [0.25, 0.3) is 10.0 Å². The Bertz CT molecular complexity index is 1080. The number of aryl methyl sites for hydroxylation is 1. The number of hydrogen-bond acceptors (Lipinski definition) is 5. The molecule has 0 aliphatic heterocycles. The Labute approximate surface area is 224 Å². The molecule has 1 heterocycles. The number of carbonyl (C=O) groups excluding carboxylic acids is 2. The summed E-state index contributed by atoms with van der Waals surface area (Å²) in [5, 5.41) is 6.61. The van der Waals surface area contributed by atoms with Gasteiger partial charge in [0.1, 0.15) is 5.82 Å². The van der Waals surface area contributed by atoms with Crippen molar-refractivity contribution >= 4 is 28.2 Å². The summed E-state index contributed by atoms with van der Waals surface area (Å²) in [4.78, 5) is 21.3. The van der Waals surface area contributed by atoms with E-state index in [2.05, 4.69) is 20.9 Å². The van der Waals surface area contributed by atoms with Crippen molar-refractivity contribution in [1.29, 1.82) is 0 Å². The summed E-state index contributed by atoms with van der Waals surface area (Å²) < 4.78 is 43.4. The Morgan fingerprint density at radius 3 is 2.03 bits per heavy atom. The number of nitrogens with zero attached hydrogens (tertiary/aromatic N) is 2. The van der Waals surface area contributed by atoms with Crippen molar-refractivity contribution in [2.75, 3.05) is 5.32 Å². The fourth-order valence-corrected chi connectivity index (χ4v) is 4.81. The van der Waals surface area contributed by atoms with Gasteiger partial charge in [0, 0.05) is 24.0 Å². The van der Waals surface area contributed by atoms with Crippen molar-refractivity contribution in [3.63, 3.8) is 0 Å². The van der Waals surface area contributed by atoms with Gasteiger partial charge < -0.3 is 12.5 Å². The number of nitrogens with two attached hydrogens (primary N) is 1. The number of carbonyl (C=O) groups is 2. The van der Waals surface area contributed by atoms with Crippen molar-refractivity contribution in [2.45, 2.75) is 71.2 Å². The first-order chi connectivity index (χ1) is 15.3. The van der Waals surface area contributed by atoms with Crippen LogP contribution >= 0.6 is 0 Å². The van der Waals surface area contributed by atoms with Gasteiger partial charge in [-0.25, -0.2) is 13.9 Å². The summed E-state index contributed by atoms with van der Waals surface area (Å²) in [5.41, 5.74) is 7.20. The molecule has 12 heteroatoms. The van der Waals surface area contributed by atoms with Gasteiger partial charge in [0.2, 0.25) is 11.4 Å². The SMILES string of the molecule is CCc1c(S(=O)(=O)NC(=O)Nc2c(C(C)C)cc(F)cc2C(C)C)nn(C)c1CC.NC=O.[H-].[Na+]. The third kappa shape index (κ3) is 7.79. The molecule has 2 aromatic rings. The van der Waals surface area contributed by atoms with Crippen LogP contribution in [0.3, 0.4) is 0 Å². The molecule has 34 heavy (non-hydrogen) atoms. The molecule has 0 saturated carbocycles. The molecule has 2 rings (SSSR count). The van der Waals surface area contributed by atoms with E-state index in [-0.39, 0.29) is 54.3 Å². The molecule has 0 atom stereocenters. The summed E-state index contributed by atoms with van der Waals surface area (Å²) in [6.07, 6.45) is 1.35. The van der Waals surface area contributed by atoms with E-state index in [1.54, 1.807) is 7.05 Å². The fourth-order valence-electron chi connectivity index (χ4n) is 3.60. The molecule has 0 spiro atoms. The summed E-state index contributed by atoms with van der Waals surface area (Å²) >= 11 is 0. The summed E-state index contributed by atoms with van der Waals surface area (Å²) in [6.45, 7) is 11.3. The minimum Gasteiger partial charge on any atom is -1.00 e. The Hall–Kier alpha value is -1.95. The zero-order chi connectivity index (χ0) is 25.5. The topological polar surface area (TPSA) is 136 Å². The van der Waals surface area contributed by atoms with E-state index in [9.17, 15) is 17.6 Å². The van der Waals surface area contributed by atoms with Crippen LogP contribution in [-0.2, 0) is 34.7 Å². The van der Waals surface area contributed by atoms with Gasteiger partial charge in [-0.2, -0.15) is 13.5 Å². The summed E-state index contributed by atoms with van der Waals surface area (Å²) in [5.74, 6) is -0.534.